The van der Waals surface area contributed by atoms with Crippen molar-refractivity contribution in [3.8, 4) is 0 Å². The zero-order chi connectivity index (χ0) is 15.9. The molecule has 0 aliphatic heterocycles. The number of nitrogens with one attached hydrogen (secondary N) is 2. The molecule has 8 nitrogen and oxygen atoms in total. The Labute approximate surface area is 122 Å². The highest BCUT2D eigenvalue weighted by molar-refractivity contribution is 7.89. The van der Waals surface area contributed by atoms with Gasteiger partial charge < -0.3 is 20.6 Å². The maximum absolute atomic E-state index is 12.2. The first-order valence-corrected chi connectivity index (χ1v) is 7.73. The van der Waals surface area contributed by atoms with Crippen LogP contribution in [0.3, 0.4) is 0 Å². The van der Waals surface area contributed by atoms with Gasteiger partial charge in [-0.15, -0.1) is 0 Å². The largest absolute Gasteiger partial charge is 0.478 e. The predicted molar refractivity (Wildman–Crippen MR) is 75.9 cm³/mol. The van der Waals surface area contributed by atoms with Crippen molar-refractivity contribution in [3.05, 3.63) is 23.8 Å². The molecule has 0 spiro atoms. The number of sulfonamides is 1. The first-order valence-electron chi connectivity index (χ1n) is 6.25. The third-order valence-electron chi connectivity index (χ3n) is 2.57. The van der Waals surface area contributed by atoms with Crippen LogP contribution < -0.4 is 10.0 Å². The van der Waals surface area contributed by atoms with Gasteiger partial charge in [0, 0.05) is 19.7 Å². The van der Waals surface area contributed by atoms with Crippen molar-refractivity contribution in [3.63, 3.8) is 0 Å². The average Bonchev–Trinajstić information content (AvgIpc) is 2.45. The molecule has 0 unspecified atom stereocenters. The van der Waals surface area contributed by atoms with Crippen LogP contribution in [-0.2, 0) is 10.0 Å². The third-order valence-corrected chi connectivity index (χ3v) is 4.07. The fourth-order valence-corrected chi connectivity index (χ4v) is 2.86. The lowest BCUT2D eigenvalue weighted by Crippen LogP contribution is -2.26. The molecule has 0 bridgehead atoms. The van der Waals surface area contributed by atoms with Gasteiger partial charge in [0.15, 0.2) is 0 Å². The molecule has 118 valence electrons. The lowest BCUT2D eigenvalue weighted by atomic mass is 10.2. The molecule has 0 aliphatic carbocycles. The number of rotatable bonds is 9. The van der Waals surface area contributed by atoms with Crippen LogP contribution in [0.5, 0.6) is 0 Å². The second-order valence-corrected chi connectivity index (χ2v) is 5.88. The van der Waals surface area contributed by atoms with Crippen LogP contribution in [0, 0.1) is 0 Å². The molecule has 0 heterocycles. The van der Waals surface area contributed by atoms with E-state index in [0.717, 1.165) is 6.07 Å². The minimum Gasteiger partial charge on any atom is -0.478 e. The van der Waals surface area contributed by atoms with E-state index < -0.39 is 16.0 Å². The van der Waals surface area contributed by atoms with E-state index >= 15 is 0 Å². The number of hydrogen-bond donors (Lipinski definition) is 5. The second kappa shape index (κ2) is 7.93. The Bertz CT molecular complexity index is 587. The van der Waals surface area contributed by atoms with Gasteiger partial charge in [0.05, 0.1) is 17.9 Å². The van der Waals surface area contributed by atoms with Gasteiger partial charge in [0.2, 0.25) is 10.0 Å². The fourth-order valence-electron chi connectivity index (χ4n) is 1.58. The summed E-state index contributed by atoms with van der Waals surface area (Å²) in [6.07, 6.45) is 0.247. The van der Waals surface area contributed by atoms with Crippen molar-refractivity contribution in [2.75, 3.05) is 31.6 Å². The Morgan fingerprint density at radius 2 is 1.86 bits per heavy atom. The number of benzene rings is 1. The van der Waals surface area contributed by atoms with Crippen LogP contribution in [-0.4, -0.2) is 56.0 Å². The highest BCUT2D eigenvalue weighted by Gasteiger charge is 2.20. The quantitative estimate of drug-likeness (QED) is 0.385. The molecule has 0 saturated carbocycles. The van der Waals surface area contributed by atoms with Crippen LogP contribution in [0.2, 0.25) is 0 Å². The molecule has 1 aromatic rings. The number of aliphatic hydroxyl groups excluding tert-OH is 2. The summed E-state index contributed by atoms with van der Waals surface area (Å²) in [5.74, 6) is -1.24. The molecule has 9 heteroatoms. The molecular weight excluding hydrogens is 300 g/mol. The molecular formula is C12H18N2O6S. The Kier molecular flexibility index (Phi) is 6.56. The molecule has 21 heavy (non-hydrogen) atoms. The van der Waals surface area contributed by atoms with E-state index in [0.29, 0.717) is 0 Å². The van der Waals surface area contributed by atoms with Gasteiger partial charge in [0.1, 0.15) is 4.90 Å². The van der Waals surface area contributed by atoms with Gasteiger partial charge in [-0.05, 0) is 24.6 Å². The van der Waals surface area contributed by atoms with E-state index in [9.17, 15) is 13.2 Å². The van der Waals surface area contributed by atoms with Gasteiger partial charge >= 0.3 is 5.97 Å². The van der Waals surface area contributed by atoms with Gasteiger partial charge in [-0.3, -0.25) is 0 Å². The molecule has 5 N–H and O–H groups in total. The second-order valence-electron chi connectivity index (χ2n) is 4.14. The van der Waals surface area contributed by atoms with E-state index in [1.165, 1.54) is 12.1 Å². The molecule has 1 rings (SSSR count). The summed E-state index contributed by atoms with van der Waals surface area (Å²) in [5, 5.41) is 29.1. The third kappa shape index (κ3) is 4.97. The summed E-state index contributed by atoms with van der Waals surface area (Å²) in [5.41, 5.74) is 0.0395. The number of hydrogen-bond acceptors (Lipinski definition) is 6. The molecule has 0 atom stereocenters. The minimum absolute atomic E-state index is 0.0373. The summed E-state index contributed by atoms with van der Waals surface area (Å²) >= 11 is 0. The molecule has 0 fully saturated rings. The molecule has 0 aromatic heterocycles. The predicted octanol–water partition coefficient (Wildman–Crippen LogP) is -0.550. The summed E-state index contributed by atoms with van der Waals surface area (Å²) in [6.45, 7) is -0.188. The summed E-state index contributed by atoms with van der Waals surface area (Å²) in [4.78, 5) is 10.7. The first-order chi connectivity index (χ1) is 9.92. The summed E-state index contributed by atoms with van der Waals surface area (Å²) < 4.78 is 26.6. The van der Waals surface area contributed by atoms with E-state index in [2.05, 4.69) is 10.0 Å². The monoisotopic (exact) mass is 318 g/mol. The van der Waals surface area contributed by atoms with Crippen molar-refractivity contribution in [1.82, 2.24) is 4.72 Å². The van der Waals surface area contributed by atoms with E-state index in [1.54, 1.807) is 0 Å². The topological polar surface area (TPSA) is 136 Å². The Morgan fingerprint density at radius 3 is 2.43 bits per heavy atom. The van der Waals surface area contributed by atoms with Crippen molar-refractivity contribution in [2.24, 2.45) is 0 Å². The van der Waals surface area contributed by atoms with Crippen LogP contribution in [0.25, 0.3) is 0 Å². The Balaban J connectivity index is 3.14. The van der Waals surface area contributed by atoms with Crippen molar-refractivity contribution in [2.45, 2.75) is 11.3 Å². The minimum atomic E-state index is -3.92. The lowest BCUT2D eigenvalue weighted by Gasteiger charge is -2.13. The van der Waals surface area contributed by atoms with Gasteiger partial charge in [-0.2, -0.15) is 0 Å². The van der Waals surface area contributed by atoms with Crippen LogP contribution >= 0.6 is 0 Å². The molecule has 1 aromatic carbocycles. The zero-order valence-corrected chi connectivity index (χ0v) is 12.1. The maximum Gasteiger partial charge on any atom is 0.335 e. The smallest absolute Gasteiger partial charge is 0.335 e. The number of carboxylic acid groups (broad SMARTS) is 1. The average molecular weight is 318 g/mol. The van der Waals surface area contributed by atoms with Crippen molar-refractivity contribution < 1.29 is 28.5 Å². The number of aliphatic hydroxyl groups is 2. The number of anilines is 1. The normalized spacial score (nSPS) is 11.3. The van der Waals surface area contributed by atoms with Gasteiger partial charge in [0.25, 0.3) is 0 Å². The Hall–Kier alpha value is -1.68. The first kappa shape index (κ1) is 17.4. The Morgan fingerprint density at radius 1 is 1.14 bits per heavy atom. The van der Waals surface area contributed by atoms with E-state index in [4.69, 9.17) is 15.3 Å². The molecule has 0 radical (unpaired) electrons. The maximum atomic E-state index is 12.2. The summed E-state index contributed by atoms with van der Waals surface area (Å²) in [6, 6.07) is 3.65. The van der Waals surface area contributed by atoms with Gasteiger partial charge in [-0.1, -0.05) is 0 Å². The standard InChI is InChI=1S/C12H18N2O6S/c15-6-1-4-14-21(19,20)11-8-9(12(17)18)2-3-10(11)13-5-7-16/h2-3,8,13-16H,1,4-7H2,(H,17,18). The zero-order valence-electron chi connectivity index (χ0n) is 11.2. The van der Waals surface area contributed by atoms with Crippen LogP contribution in [0.4, 0.5) is 5.69 Å². The summed E-state index contributed by atoms with van der Waals surface area (Å²) in [7, 11) is -3.92. The number of aromatic carboxylic acids is 1. The lowest BCUT2D eigenvalue weighted by molar-refractivity contribution is 0.0696. The number of carbonyl (C=O) groups is 1. The molecule has 0 saturated heterocycles. The SMILES string of the molecule is O=C(O)c1ccc(NCCO)c(S(=O)(=O)NCCCO)c1. The van der Waals surface area contributed by atoms with Crippen LogP contribution in [0.1, 0.15) is 16.8 Å². The fraction of sp³-hybridized carbons (Fsp3) is 0.417. The van der Waals surface area contributed by atoms with E-state index in [1.807, 2.05) is 0 Å². The van der Waals surface area contributed by atoms with Crippen molar-refractivity contribution in [1.29, 1.82) is 0 Å². The highest BCUT2D eigenvalue weighted by atomic mass is 32.2. The number of carboxylic acids is 1. The molecule has 0 aliphatic rings. The highest BCUT2D eigenvalue weighted by Crippen LogP contribution is 2.22. The molecule has 0 amide bonds. The van der Waals surface area contributed by atoms with Gasteiger partial charge in [-0.25, -0.2) is 17.9 Å². The van der Waals surface area contributed by atoms with E-state index in [-0.39, 0.29) is 48.9 Å². The van der Waals surface area contributed by atoms with Crippen LogP contribution in [0.15, 0.2) is 23.1 Å². The van der Waals surface area contributed by atoms with Crippen molar-refractivity contribution >= 4 is 21.7 Å².